The number of hydrogen-bond donors (Lipinski definition) is 2. The molecule has 36 heavy (non-hydrogen) atoms. The smallest absolute Gasteiger partial charge is 0.227 e. The van der Waals surface area contributed by atoms with Gasteiger partial charge in [-0.3, -0.25) is 9.78 Å². The van der Waals surface area contributed by atoms with E-state index in [2.05, 4.69) is 25.2 Å². The molecule has 0 radical (unpaired) electrons. The van der Waals surface area contributed by atoms with Crippen LogP contribution in [0.25, 0.3) is 33.5 Å². The van der Waals surface area contributed by atoms with Crippen LogP contribution in [0.1, 0.15) is 12.8 Å². The molecule has 3 aromatic heterocycles. The Kier molecular flexibility index (Phi) is 5.61. The summed E-state index contributed by atoms with van der Waals surface area (Å²) in [5, 5.41) is 2.77. The van der Waals surface area contributed by atoms with Crippen LogP contribution in [-0.2, 0) is 9.53 Å². The molecule has 182 valence electrons. The van der Waals surface area contributed by atoms with Gasteiger partial charge in [0.05, 0.1) is 24.3 Å². The number of morpholine rings is 1. The topological polar surface area (TPSA) is 132 Å². The second-order valence-corrected chi connectivity index (χ2v) is 8.85. The molecule has 11 heteroatoms. The van der Waals surface area contributed by atoms with Crippen LogP contribution in [0.5, 0.6) is 0 Å². The van der Waals surface area contributed by atoms with E-state index >= 15 is 4.39 Å². The van der Waals surface area contributed by atoms with Crippen LogP contribution in [0.3, 0.4) is 0 Å². The van der Waals surface area contributed by atoms with Crippen LogP contribution in [0.4, 0.5) is 21.8 Å². The number of pyridine rings is 1. The number of carbonyl (C=O) groups excluding carboxylic acids is 1. The predicted molar refractivity (Wildman–Crippen MR) is 133 cm³/mol. The van der Waals surface area contributed by atoms with Gasteiger partial charge >= 0.3 is 0 Å². The number of ether oxygens (including phenoxy) is 1. The van der Waals surface area contributed by atoms with Crippen molar-refractivity contribution in [2.75, 3.05) is 42.3 Å². The van der Waals surface area contributed by atoms with Crippen LogP contribution in [0, 0.1) is 11.7 Å². The minimum atomic E-state index is -0.459. The van der Waals surface area contributed by atoms with E-state index in [1.165, 1.54) is 6.07 Å². The maximum atomic E-state index is 15.1. The Bertz CT molecular complexity index is 1450. The van der Waals surface area contributed by atoms with Crippen molar-refractivity contribution in [1.82, 2.24) is 24.9 Å². The Hall–Kier alpha value is -4.25. The lowest BCUT2D eigenvalue weighted by atomic mass is 10.1. The largest absolute Gasteiger partial charge is 0.378 e. The fourth-order valence-corrected chi connectivity index (χ4v) is 4.15. The number of nitrogens with one attached hydrogen (secondary N) is 1. The number of aromatic nitrogens is 5. The van der Waals surface area contributed by atoms with Crippen molar-refractivity contribution in [3.8, 4) is 22.5 Å². The maximum Gasteiger partial charge on any atom is 0.227 e. The summed E-state index contributed by atoms with van der Waals surface area (Å²) in [6.45, 7) is 2.49. The Morgan fingerprint density at radius 3 is 2.50 bits per heavy atom. The molecule has 10 nitrogen and oxygen atoms in total. The first-order valence-corrected chi connectivity index (χ1v) is 11.7. The normalized spacial score (nSPS) is 15.8. The van der Waals surface area contributed by atoms with Gasteiger partial charge in [-0.25, -0.2) is 24.3 Å². The summed E-state index contributed by atoms with van der Waals surface area (Å²) < 4.78 is 20.6. The summed E-state index contributed by atoms with van der Waals surface area (Å²) in [5.74, 6) is 0.754. The van der Waals surface area contributed by atoms with Crippen LogP contribution in [0.2, 0.25) is 0 Å². The van der Waals surface area contributed by atoms with E-state index in [-0.39, 0.29) is 17.8 Å². The van der Waals surface area contributed by atoms with Crippen molar-refractivity contribution in [2.24, 2.45) is 5.92 Å². The molecule has 1 aliphatic heterocycles. The molecule has 2 fully saturated rings. The molecule has 0 atom stereocenters. The molecule has 0 bridgehead atoms. The second kappa shape index (κ2) is 9.08. The van der Waals surface area contributed by atoms with Crippen molar-refractivity contribution in [1.29, 1.82) is 0 Å². The number of halogens is 1. The van der Waals surface area contributed by atoms with E-state index < -0.39 is 5.82 Å². The van der Waals surface area contributed by atoms with Crippen LogP contribution < -0.4 is 16.0 Å². The minimum absolute atomic E-state index is 0.0402. The van der Waals surface area contributed by atoms with Gasteiger partial charge in [0.15, 0.2) is 11.6 Å². The Morgan fingerprint density at radius 2 is 1.78 bits per heavy atom. The highest BCUT2D eigenvalue weighted by Crippen LogP contribution is 2.33. The molecule has 2 aliphatic rings. The molecule has 1 saturated heterocycles. The second-order valence-electron chi connectivity index (χ2n) is 8.85. The van der Waals surface area contributed by atoms with Crippen molar-refractivity contribution < 1.29 is 13.9 Å². The number of rotatable bonds is 5. The van der Waals surface area contributed by atoms with E-state index in [4.69, 9.17) is 20.4 Å². The molecule has 6 rings (SSSR count). The first kappa shape index (κ1) is 22.2. The Labute approximate surface area is 205 Å². The average molecular weight is 487 g/mol. The molecule has 1 aliphatic carbocycles. The quantitative estimate of drug-likeness (QED) is 0.437. The molecule has 0 unspecified atom stereocenters. The fourth-order valence-electron chi connectivity index (χ4n) is 4.15. The Balaban J connectivity index is 1.41. The summed E-state index contributed by atoms with van der Waals surface area (Å²) in [6, 6.07) is 6.45. The van der Waals surface area contributed by atoms with Crippen molar-refractivity contribution in [3.05, 3.63) is 48.7 Å². The molecule has 1 aromatic carbocycles. The number of benzene rings is 1. The van der Waals surface area contributed by atoms with Gasteiger partial charge in [0.25, 0.3) is 0 Å². The van der Waals surface area contributed by atoms with Crippen LogP contribution >= 0.6 is 0 Å². The number of nitrogens with zero attached hydrogens (tertiary/aromatic N) is 6. The molecule has 0 spiro atoms. The lowest BCUT2D eigenvalue weighted by Gasteiger charge is -2.28. The third-order valence-electron chi connectivity index (χ3n) is 6.25. The lowest BCUT2D eigenvalue weighted by molar-refractivity contribution is -0.117. The standard InChI is InChI=1S/C25H23FN8O2/c26-19-10-17(31-24(35)14-1-2-14)3-4-18(19)15-9-20-21(28-11-15)23(34-5-7-36-8-6-34)33-22(32-20)16-12-29-25(27)30-13-16/h3-4,9-14H,1-2,5-8H2,(H,31,35)(H2,27,29,30). The SMILES string of the molecule is Nc1ncc(-c2nc(N3CCOCC3)c3ncc(-c4ccc(NC(=O)C5CC5)cc4F)cc3n2)cn1. The zero-order chi connectivity index (χ0) is 24.6. The number of nitrogens with two attached hydrogens (primary N) is 1. The maximum absolute atomic E-state index is 15.1. The van der Waals surface area contributed by atoms with E-state index in [0.717, 1.165) is 12.8 Å². The predicted octanol–water partition coefficient (Wildman–Crippen LogP) is 3.06. The Morgan fingerprint density at radius 1 is 1.03 bits per heavy atom. The number of hydrogen-bond acceptors (Lipinski definition) is 9. The fraction of sp³-hybridized carbons (Fsp3) is 0.280. The third kappa shape index (κ3) is 4.40. The van der Waals surface area contributed by atoms with Crippen molar-refractivity contribution in [3.63, 3.8) is 0 Å². The summed E-state index contributed by atoms with van der Waals surface area (Å²) in [4.78, 5) is 36.3. The van der Waals surface area contributed by atoms with E-state index in [1.807, 2.05) is 0 Å². The van der Waals surface area contributed by atoms with Crippen LogP contribution in [-0.4, -0.2) is 57.1 Å². The monoisotopic (exact) mass is 486 g/mol. The number of carbonyl (C=O) groups is 1. The lowest BCUT2D eigenvalue weighted by Crippen LogP contribution is -2.37. The van der Waals surface area contributed by atoms with Gasteiger partial charge in [-0.1, -0.05) is 0 Å². The van der Waals surface area contributed by atoms with E-state index in [1.54, 1.807) is 36.8 Å². The third-order valence-corrected chi connectivity index (χ3v) is 6.25. The highest BCUT2D eigenvalue weighted by molar-refractivity contribution is 5.94. The van der Waals surface area contributed by atoms with Crippen molar-refractivity contribution >= 4 is 34.4 Å². The van der Waals surface area contributed by atoms with E-state index in [9.17, 15) is 4.79 Å². The molecular weight excluding hydrogens is 463 g/mol. The summed E-state index contributed by atoms with van der Waals surface area (Å²) in [5.41, 5.74) is 8.76. The average Bonchev–Trinajstić information content (AvgIpc) is 3.75. The van der Waals surface area contributed by atoms with Gasteiger partial charge in [0.1, 0.15) is 11.3 Å². The van der Waals surface area contributed by atoms with Gasteiger partial charge in [0.2, 0.25) is 11.9 Å². The van der Waals surface area contributed by atoms with Gasteiger partial charge in [0, 0.05) is 54.4 Å². The number of anilines is 3. The molecular formula is C25H23FN8O2. The summed E-state index contributed by atoms with van der Waals surface area (Å²) in [6.07, 6.45) is 6.51. The number of nitrogen functional groups attached to an aromatic ring is 1. The zero-order valence-corrected chi connectivity index (χ0v) is 19.3. The van der Waals surface area contributed by atoms with Gasteiger partial charge in [-0.15, -0.1) is 0 Å². The van der Waals surface area contributed by atoms with E-state index in [0.29, 0.717) is 71.4 Å². The van der Waals surface area contributed by atoms with Gasteiger partial charge < -0.3 is 20.7 Å². The number of fused-ring (bicyclic) bond motifs is 1. The first-order chi connectivity index (χ1) is 17.5. The minimum Gasteiger partial charge on any atom is -0.378 e. The highest BCUT2D eigenvalue weighted by Gasteiger charge is 2.29. The zero-order valence-electron chi connectivity index (χ0n) is 19.3. The van der Waals surface area contributed by atoms with Crippen molar-refractivity contribution in [2.45, 2.75) is 12.8 Å². The highest BCUT2D eigenvalue weighted by atomic mass is 19.1. The van der Waals surface area contributed by atoms with Crippen LogP contribution in [0.15, 0.2) is 42.9 Å². The molecule has 1 saturated carbocycles. The number of amides is 1. The summed E-state index contributed by atoms with van der Waals surface area (Å²) in [7, 11) is 0. The molecule has 3 N–H and O–H groups in total. The molecule has 4 aromatic rings. The summed E-state index contributed by atoms with van der Waals surface area (Å²) >= 11 is 0. The van der Waals surface area contributed by atoms with Gasteiger partial charge in [-0.2, -0.15) is 0 Å². The first-order valence-electron chi connectivity index (χ1n) is 11.7. The van der Waals surface area contributed by atoms with Gasteiger partial charge in [-0.05, 0) is 37.1 Å². The molecule has 1 amide bonds. The molecule has 4 heterocycles.